The van der Waals surface area contributed by atoms with Crippen LogP contribution in [0, 0.1) is 23.7 Å². The van der Waals surface area contributed by atoms with Crippen LogP contribution >= 0.6 is 0 Å². The summed E-state index contributed by atoms with van der Waals surface area (Å²) in [5.74, 6) is 0.908. The van der Waals surface area contributed by atoms with Crippen LogP contribution in [0.4, 0.5) is 0 Å². The van der Waals surface area contributed by atoms with Crippen LogP contribution in [-0.4, -0.2) is 30.1 Å². The molecule has 5 fully saturated rings. The molecule has 23 heavy (non-hydrogen) atoms. The Hall–Kier alpha value is -0.200. The maximum atomic E-state index is 6.32. The van der Waals surface area contributed by atoms with Gasteiger partial charge in [-0.15, -0.1) is 0 Å². The summed E-state index contributed by atoms with van der Waals surface area (Å²) in [6.45, 7) is 10.6. The SMILES string of the molecule is CC(C)OC1O[C@@H]2O[C@@]3(C)CC[C@H]4[C@H](C)CC[C@@H]([C@H]1C)[C@@]24OO3. The zero-order valence-electron chi connectivity index (χ0n) is 14.9. The molecule has 5 heteroatoms. The molecule has 0 N–H and O–H groups in total. The molecule has 8 atom stereocenters. The molecule has 4 heterocycles. The number of hydrogen-bond donors (Lipinski definition) is 0. The van der Waals surface area contributed by atoms with Crippen molar-refractivity contribution in [3.8, 4) is 0 Å². The molecule has 0 radical (unpaired) electrons. The van der Waals surface area contributed by atoms with E-state index in [-0.39, 0.29) is 18.3 Å². The highest BCUT2D eigenvalue weighted by Crippen LogP contribution is 2.60. The summed E-state index contributed by atoms with van der Waals surface area (Å²) in [6, 6.07) is 0. The molecule has 1 spiro atoms. The van der Waals surface area contributed by atoms with E-state index in [1.165, 1.54) is 6.42 Å². The Kier molecular flexibility index (Phi) is 3.82. The molecule has 0 amide bonds. The molecule has 0 aromatic rings. The van der Waals surface area contributed by atoms with Gasteiger partial charge in [-0.05, 0) is 51.9 Å². The Morgan fingerprint density at radius 2 is 1.83 bits per heavy atom. The third-order valence-electron chi connectivity index (χ3n) is 6.50. The lowest BCUT2D eigenvalue weighted by atomic mass is 9.58. The first-order chi connectivity index (χ1) is 10.9. The van der Waals surface area contributed by atoms with Crippen LogP contribution in [-0.2, 0) is 24.0 Å². The van der Waals surface area contributed by atoms with E-state index < -0.39 is 17.7 Å². The van der Waals surface area contributed by atoms with Crippen LogP contribution in [0.25, 0.3) is 0 Å². The van der Waals surface area contributed by atoms with E-state index in [1.54, 1.807) is 0 Å². The zero-order valence-corrected chi connectivity index (χ0v) is 14.9. The molecule has 4 aliphatic heterocycles. The van der Waals surface area contributed by atoms with Gasteiger partial charge < -0.3 is 14.2 Å². The van der Waals surface area contributed by atoms with Crippen molar-refractivity contribution in [3.05, 3.63) is 0 Å². The minimum Gasteiger partial charge on any atom is -0.350 e. The van der Waals surface area contributed by atoms with E-state index in [0.29, 0.717) is 17.8 Å². The number of fused-ring (bicyclic) bond motifs is 2. The summed E-state index contributed by atoms with van der Waals surface area (Å²) >= 11 is 0. The highest BCUT2D eigenvalue weighted by Gasteiger charge is 2.69. The largest absolute Gasteiger partial charge is 0.350 e. The van der Waals surface area contributed by atoms with Gasteiger partial charge in [0.25, 0.3) is 0 Å². The van der Waals surface area contributed by atoms with E-state index in [4.69, 9.17) is 24.0 Å². The summed E-state index contributed by atoms with van der Waals surface area (Å²) in [4.78, 5) is 11.9. The van der Waals surface area contributed by atoms with Crippen molar-refractivity contribution in [1.82, 2.24) is 0 Å². The minimum atomic E-state index is -0.708. The molecule has 5 rings (SSSR count). The smallest absolute Gasteiger partial charge is 0.201 e. The van der Waals surface area contributed by atoms with Crippen molar-refractivity contribution < 1.29 is 24.0 Å². The molecule has 1 unspecified atom stereocenters. The third kappa shape index (κ3) is 2.31. The first-order valence-electron chi connectivity index (χ1n) is 9.21. The first-order valence-corrected chi connectivity index (χ1v) is 9.21. The molecule has 4 saturated heterocycles. The lowest BCUT2D eigenvalue weighted by molar-refractivity contribution is -0.578. The zero-order chi connectivity index (χ0) is 16.4. The fourth-order valence-corrected chi connectivity index (χ4v) is 5.30. The number of hydrogen-bond acceptors (Lipinski definition) is 5. The van der Waals surface area contributed by atoms with Crippen LogP contribution in [0.5, 0.6) is 0 Å². The Labute approximate surface area is 138 Å². The van der Waals surface area contributed by atoms with Crippen molar-refractivity contribution in [3.63, 3.8) is 0 Å². The quantitative estimate of drug-likeness (QED) is 0.725. The van der Waals surface area contributed by atoms with Crippen molar-refractivity contribution >= 4 is 0 Å². The van der Waals surface area contributed by atoms with Gasteiger partial charge in [0.1, 0.15) is 0 Å². The minimum absolute atomic E-state index is 0.130. The van der Waals surface area contributed by atoms with Gasteiger partial charge in [0.05, 0.1) is 6.10 Å². The molecule has 5 aliphatic rings. The summed E-state index contributed by atoms with van der Waals surface area (Å²) in [5.41, 5.74) is -0.482. The normalized spacial score (nSPS) is 55.6. The van der Waals surface area contributed by atoms with E-state index in [2.05, 4.69) is 13.8 Å². The van der Waals surface area contributed by atoms with Crippen LogP contribution in [0.1, 0.15) is 60.3 Å². The standard InChI is InChI=1S/C18H30O5/c1-10(2)19-15-12(4)14-7-6-11(3)13-8-9-17(5)21-16(20-15)18(13,14)23-22-17/h10-16H,6-9H2,1-5H3/t11-,12-,13+,14+,15?,16-,17-,18-/m1/s1. The molecule has 132 valence electrons. The maximum absolute atomic E-state index is 6.32. The predicted molar refractivity (Wildman–Crippen MR) is 83.0 cm³/mol. The monoisotopic (exact) mass is 326 g/mol. The van der Waals surface area contributed by atoms with Crippen LogP contribution < -0.4 is 0 Å². The Morgan fingerprint density at radius 1 is 1.04 bits per heavy atom. The van der Waals surface area contributed by atoms with Crippen molar-refractivity contribution in [2.24, 2.45) is 23.7 Å². The summed E-state index contributed by atoms with van der Waals surface area (Å²) in [7, 11) is 0. The van der Waals surface area contributed by atoms with E-state index in [1.807, 2.05) is 20.8 Å². The van der Waals surface area contributed by atoms with Crippen molar-refractivity contribution in [2.75, 3.05) is 0 Å². The number of rotatable bonds is 2. The van der Waals surface area contributed by atoms with Crippen molar-refractivity contribution in [1.29, 1.82) is 0 Å². The third-order valence-corrected chi connectivity index (χ3v) is 6.50. The van der Waals surface area contributed by atoms with Gasteiger partial charge in [0.2, 0.25) is 5.79 Å². The molecular weight excluding hydrogens is 296 g/mol. The van der Waals surface area contributed by atoms with Gasteiger partial charge in [-0.1, -0.05) is 13.8 Å². The first kappa shape index (κ1) is 16.3. The van der Waals surface area contributed by atoms with Gasteiger partial charge in [0, 0.05) is 18.3 Å². The molecule has 2 bridgehead atoms. The fourth-order valence-electron chi connectivity index (χ4n) is 5.30. The topological polar surface area (TPSA) is 46.2 Å². The van der Waals surface area contributed by atoms with Gasteiger partial charge in [0.15, 0.2) is 18.2 Å². The lowest BCUT2D eigenvalue weighted by Gasteiger charge is -2.60. The highest BCUT2D eigenvalue weighted by atomic mass is 17.3. The highest BCUT2D eigenvalue weighted by molar-refractivity contribution is 5.09. The van der Waals surface area contributed by atoms with E-state index in [0.717, 1.165) is 19.3 Å². The van der Waals surface area contributed by atoms with E-state index in [9.17, 15) is 0 Å². The van der Waals surface area contributed by atoms with Gasteiger partial charge >= 0.3 is 0 Å². The average molecular weight is 326 g/mol. The Balaban J connectivity index is 1.73. The Bertz CT molecular complexity index is 468. The molecule has 5 nitrogen and oxygen atoms in total. The maximum Gasteiger partial charge on any atom is 0.201 e. The predicted octanol–water partition coefficient (Wildman–Crippen LogP) is 3.62. The second-order valence-electron chi connectivity index (χ2n) is 8.46. The molecular formula is C18H30O5. The van der Waals surface area contributed by atoms with Gasteiger partial charge in [-0.3, -0.25) is 0 Å². The number of ether oxygens (including phenoxy) is 3. The van der Waals surface area contributed by atoms with Crippen LogP contribution in [0.2, 0.25) is 0 Å². The van der Waals surface area contributed by atoms with Crippen molar-refractivity contribution in [2.45, 2.75) is 90.4 Å². The molecule has 0 aromatic carbocycles. The molecule has 1 aliphatic carbocycles. The molecule has 0 aromatic heterocycles. The molecule has 1 saturated carbocycles. The summed E-state index contributed by atoms with van der Waals surface area (Å²) in [5, 5.41) is 0. The Morgan fingerprint density at radius 3 is 2.57 bits per heavy atom. The fraction of sp³-hybridized carbons (Fsp3) is 1.00. The van der Waals surface area contributed by atoms with Gasteiger partial charge in [-0.25, -0.2) is 9.78 Å². The lowest BCUT2D eigenvalue weighted by Crippen LogP contribution is -2.70. The second kappa shape index (κ2) is 5.40. The summed E-state index contributed by atoms with van der Waals surface area (Å²) in [6.07, 6.45) is 3.74. The summed E-state index contributed by atoms with van der Waals surface area (Å²) < 4.78 is 18.7. The average Bonchev–Trinajstić information content (AvgIpc) is 2.70. The van der Waals surface area contributed by atoms with Gasteiger partial charge in [-0.2, -0.15) is 0 Å². The van der Waals surface area contributed by atoms with Crippen LogP contribution in [0.15, 0.2) is 0 Å². The second-order valence-corrected chi connectivity index (χ2v) is 8.46. The van der Waals surface area contributed by atoms with E-state index >= 15 is 0 Å². The van der Waals surface area contributed by atoms with Crippen LogP contribution in [0.3, 0.4) is 0 Å².